The Morgan fingerprint density at radius 3 is 2.40 bits per heavy atom. The van der Waals surface area contributed by atoms with E-state index in [9.17, 15) is 0 Å². The Morgan fingerprint density at radius 1 is 0.933 bits per heavy atom. The summed E-state index contributed by atoms with van der Waals surface area (Å²) in [6, 6.07) is 14.9. The average molecular weight is 198 g/mol. The van der Waals surface area contributed by atoms with Crippen LogP contribution in [0.1, 0.15) is 18.1 Å². The molecule has 0 radical (unpaired) electrons. The highest BCUT2D eigenvalue weighted by atomic mass is 14.9. The Kier molecular flexibility index (Phi) is 3.13. The molecule has 1 heteroatoms. The summed E-state index contributed by atoms with van der Waals surface area (Å²) >= 11 is 0. The van der Waals surface area contributed by atoms with Crippen LogP contribution in [0.5, 0.6) is 0 Å². The number of hydrogen-bond donors (Lipinski definition) is 0. The van der Waals surface area contributed by atoms with Crippen LogP contribution in [-0.2, 0) is 13.0 Å². The molecule has 0 amide bonds. The van der Waals surface area contributed by atoms with Crippen molar-refractivity contribution in [3.63, 3.8) is 0 Å². The summed E-state index contributed by atoms with van der Waals surface area (Å²) in [5.41, 5.74) is 2.77. The Bertz CT molecular complexity index is 420. The minimum Gasteiger partial charge on any atom is -0.201 e. The van der Waals surface area contributed by atoms with Gasteiger partial charge in [0.15, 0.2) is 18.9 Å². The van der Waals surface area contributed by atoms with Gasteiger partial charge in [-0.05, 0) is 18.1 Å². The summed E-state index contributed by atoms with van der Waals surface area (Å²) in [5, 5.41) is 0. The van der Waals surface area contributed by atoms with Crippen molar-refractivity contribution in [2.24, 2.45) is 0 Å². The van der Waals surface area contributed by atoms with E-state index in [0.29, 0.717) is 0 Å². The van der Waals surface area contributed by atoms with Gasteiger partial charge < -0.3 is 0 Å². The van der Waals surface area contributed by atoms with Gasteiger partial charge in [-0.25, -0.2) is 4.57 Å². The van der Waals surface area contributed by atoms with E-state index in [2.05, 4.69) is 60.3 Å². The van der Waals surface area contributed by atoms with E-state index in [1.807, 2.05) is 6.07 Å². The molecule has 2 aromatic rings. The molecule has 0 saturated heterocycles. The lowest BCUT2D eigenvalue weighted by molar-refractivity contribution is -0.688. The second-order valence-electron chi connectivity index (χ2n) is 3.72. The lowest BCUT2D eigenvalue weighted by atomic mass is 10.1. The van der Waals surface area contributed by atoms with Crippen molar-refractivity contribution in [1.29, 1.82) is 0 Å². The fourth-order valence-corrected chi connectivity index (χ4v) is 1.70. The first kappa shape index (κ1) is 9.91. The lowest BCUT2D eigenvalue weighted by Crippen LogP contribution is -2.32. The van der Waals surface area contributed by atoms with Crippen LogP contribution in [0, 0.1) is 0 Å². The van der Waals surface area contributed by atoms with Gasteiger partial charge in [0, 0.05) is 17.7 Å². The summed E-state index contributed by atoms with van der Waals surface area (Å²) in [6.07, 6.45) is 5.30. The zero-order valence-electron chi connectivity index (χ0n) is 9.06. The van der Waals surface area contributed by atoms with Gasteiger partial charge in [0.25, 0.3) is 0 Å². The first-order chi connectivity index (χ1) is 7.38. The molecule has 2 rings (SSSR count). The molecule has 76 valence electrons. The summed E-state index contributed by atoms with van der Waals surface area (Å²) < 4.78 is 2.19. The van der Waals surface area contributed by atoms with Crippen molar-refractivity contribution in [1.82, 2.24) is 0 Å². The van der Waals surface area contributed by atoms with Crippen LogP contribution in [0.3, 0.4) is 0 Å². The van der Waals surface area contributed by atoms with E-state index >= 15 is 0 Å². The molecule has 0 spiro atoms. The van der Waals surface area contributed by atoms with E-state index in [1.54, 1.807) is 0 Å². The Balaban J connectivity index is 2.17. The second kappa shape index (κ2) is 4.74. The molecule has 1 aromatic heterocycles. The van der Waals surface area contributed by atoms with Crippen molar-refractivity contribution < 1.29 is 4.57 Å². The van der Waals surface area contributed by atoms with Crippen molar-refractivity contribution in [2.75, 3.05) is 0 Å². The van der Waals surface area contributed by atoms with Crippen LogP contribution >= 0.6 is 0 Å². The van der Waals surface area contributed by atoms with Crippen molar-refractivity contribution >= 4 is 0 Å². The maximum absolute atomic E-state index is 2.28. The molecule has 0 atom stereocenters. The lowest BCUT2D eigenvalue weighted by Gasteiger charge is -2.00. The predicted octanol–water partition coefficient (Wildman–Crippen LogP) is 2.58. The minimum atomic E-state index is 0.953. The highest BCUT2D eigenvalue weighted by Gasteiger charge is 2.01. The SMILES string of the molecule is CCc1cccc(C[n+]2ccccc2)c1. The third kappa shape index (κ3) is 2.66. The third-order valence-corrected chi connectivity index (χ3v) is 2.54. The van der Waals surface area contributed by atoms with Crippen LogP contribution < -0.4 is 4.57 Å². The maximum atomic E-state index is 2.28. The van der Waals surface area contributed by atoms with Gasteiger partial charge in [-0.1, -0.05) is 31.2 Å². The molecule has 0 unspecified atom stereocenters. The van der Waals surface area contributed by atoms with Gasteiger partial charge in [-0.3, -0.25) is 0 Å². The zero-order valence-corrected chi connectivity index (χ0v) is 9.06. The summed E-state index contributed by atoms with van der Waals surface area (Å²) in [6.45, 7) is 3.14. The van der Waals surface area contributed by atoms with Crippen LogP contribution in [0.4, 0.5) is 0 Å². The van der Waals surface area contributed by atoms with Gasteiger partial charge in [0.1, 0.15) is 0 Å². The molecule has 0 aliphatic heterocycles. The minimum absolute atomic E-state index is 0.953. The van der Waals surface area contributed by atoms with Crippen molar-refractivity contribution in [3.05, 3.63) is 66.0 Å². The fraction of sp³-hybridized carbons (Fsp3) is 0.214. The predicted molar refractivity (Wildman–Crippen MR) is 61.6 cm³/mol. The second-order valence-corrected chi connectivity index (χ2v) is 3.72. The molecule has 0 saturated carbocycles. The molecule has 15 heavy (non-hydrogen) atoms. The Morgan fingerprint density at radius 2 is 1.67 bits per heavy atom. The zero-order chi connectivity index (χ0) is 10.5. The Labute approximate surface area is 91.0 Å². The molecule has 1 aromatic carbocycles. The number of pyridine rings is 1. The molecule has 1 nitrogen and oxygen atoms in total. The largest absolute Gasteiger partial charge is 0.201 e. The highest BCUT2D eigenvalue weighted by molar-refractivity contribution is 5.22. The van der Waals surface area contributed by atoms with E-state index in [4.69, 9.17) is 0 Å². The molecular formula is C14H16N+. The number of nitrogens with zero attached hydrogens (tertiary/aromatic N) is 1. The standard InChI is InChI=1S/C14H16N/c1-2-13-7-6-8-14(11-13)12-15-9-4-3-5-10-15/h3-11H,2,12H2,1H3/q+1. The van der Waals surface area contributed by atoms with Gasteiger partial charge in [0.2, 0.25) is 0 Å². The molecule has 0 bridgehead atoms. The van der Waals surface area contributed by atoms with Gasteiger partial charge in [-0.15, -0.1) is 0 Å². The summed E-state index contributed by atoms with van der Waals surface area (Å²) in [4.78, 5) is 0. The number of hydrogen-bond acceptors (Lipinski definition) is 0. The monoisotopic (exact) mass is 198 g/mol. The molecular weight excluding hydrogens is 182 g/mol. The molecule has 1 heterocycles. The van der Waals surface area contributed by atoms with E-state index in [1.165, 1.54) is 11.1 Å². The number of aromatic nitrogens is 1. The van der Waals surface area contributed by atoms with E-state index < -0.39 is 0 Å². The number of aryl methyl sites for hydroxylation is 1. The quantitative estimate of drug-likeness (QED) is 0.667. The van der Waals surface area contributed by atoms with Gasteiger partial charge in [0.05, 0.1) is 0 Å². The summed E-state index contributed by atoms with van der Waals surface area (Å²) in [7, 11) is 0. The molecule has 0 aliphatic carbocycles. The first-order valence-electron chi connectivity index (χ1n) is 5.40. The van der Waals surface area contributed by atoms with Crippen LogP contribution in [-0.4, -0.2) is 0 Å². The normalized spacial score (nSPS) is 10.2. The number of benzene rings is 1. The van der Waals surface area contributed by atoms with Crippen LogP contribution in [0.2, 0.25) is 0 Å². The maximum Gasteiger partial charge on any atom is 0.173 e. The highest BCUT2D eigenvalue weighted by Crippen LogP contribution is 2.05. The molecule has 0 N–H and O–H groups in total. The third-order valence-electron chi connectivity index (χ3n) is 2.54. The van der Waals surface area contributed by atoms with Crippen molar-refractivity contribution in [2.45, 2.75) is 19.9 Å². The fourth-order valence-electron chi connectivity index (χ4n) is 1.70. The first-order valence-corrected chi connectivity index (χ1v) is 5.40. The van der Waals surface area contributed by atoms with Gasteiger partial charge in [-0.2, -0.15) is 0 Å². The summed E-state index contributed by atoms with van der Waals surface area (Å²) in [5.74, 6) is 0. The molecule has 0 aliphatic rings. The van der Waals surface area contributed by atoms with Crippen LogP contribution in [0.15, 0.2) is 54.9 Å². The van der Waals surface area contributed by atoms with Crippen molar-refractivity contribution in [3.8, 4) is 0 Å². The van der Waals surface area contributed by atoms with Gasteiger partial charge >= 0.3 is 0 Å². The average Bonchev–Trinajstić information content (AvgIpc) is 2.31. The number of rotatable bonds is 3. The smallest absolute Gasteiger partial charge is 0.173 e. The topological polar surface area (TPSA) is 3.88 Å². The van der Waals surface area contributed by atoms with E-state index in [0.717, 1.165) is 13.0 Å². The molecule has 0 fully saturated rings. The van der Waals surface area contributed by atoms with E-state index in [-0.39, 0.29) is 0 Å². The Hall–Kier alpha value is -1.63. The van der Waals surface area contributed by atoms with Crippen LogP contribution in [0.25, 0.3) is 0 Å².